The highest BCUT2D eigenvalue weighted by atomic mass is 19.1. The summed E-state index contributed by atoms with van der Waals surface area (Å²) >= 11 is 0. The van der Waals surface area contributed by atoms with E-state index in [1.54, 1.807) is 0 Å². The number of hydrogen-bond donors (Lipinski definition) is 2. The van der Waals surface area contributed by atoms with Crippen LogP contribution >= 0.6 is 0 Å². The van der Waals surface area contributed by atoms with Gasteiger partial charge >= 0.3 is 0 Å². The molecule has 1 saturated carbocycles. The standard InChI is InChI=1S/C15H21FN2O2/c1-18(2)15(7-3-4-8-15)10-17-14(20)12-9-11(16)5-6-13(12)19/h5-6,9,19H,3-4,7-8,10H2,1-2H3,(H,17,20). The van der Waals surface area contributed by atoms with Crippen LogP contribution in [0.25, 0.3) is 0 Å². The lowest BCUT2D eigenvalue weighted by Gasteiger charge is -2.36. The van der Waals surface area contributed by atoms with Crippen molar-refractivity contribution in [3.8, 4) is 5.75 Å². The second-order valence-corrected chi connectivity index (χ2v) is 5.67. The molecule has 4 nitrogen and oxygen atoms in total. The second-order valence-electron chi connectivity index (χ2n) is 5.67. The summed E-state index contributed by atoms with van der Waals surface area (Å²) < 4.78 is 13.2. The van der Waals surface area contributed by atoms with Crippen LogP contribution < -0.4 is 5.32 Å². The molecule has 0 aliphatic heterocycles. The molecule has 5 heteroatoms. The number of phenols is 1. The number of carbonyl (C=O) groups is 1. The van der Waals surface area contributed by atoms with E-state index in [2.05, 4.69) is 10.2 Å². The van der Waals surface area contributed by atoms with Crippen molar-refractivity contribution in [2.24, 2.45) is 0 Å². The summed E-state index contributed by atoms with van der Waals surface area (Å²) in [6.45, 7) is 0.509. The zero-order valence-corrected chi connectivity index (χ0v) is 11.9. The van der Waals surface area contributed by atoms with Crippen molar-refractivity contribution in [3.05, 3.63) is 29.6 Å². The van der Waals surface area contributed by atoms with Gasteiger partial charge in [0, 0.05) is 12.1 Å². The third-order valence-electron chi connectivity index (χ3n) is 4.26. The zero-order valence-electron chi connectivity index (χ0n) is 11.9. The number of nitrogens with zero attached hydrogens (tertiary/aromatic N) is 1. The van der Waals surface area contributed by atoms with Crippen molar-refractivity contribution in [1.82, 2.24) is 10.2 Å². The van der Waals surface area contributed by atoms with Crippen molar-refractivity contribution in [2.75, 3.05) is 20.6 Å². The molecule has 20 heavy (non-hydrogen) atoms. The van der Waals surface area contributed by atoms with Crippen LogP contribution in [0.15, 0.2) is 18.2 Å². The Morgan fingerprint density at radius 1 is 1.40 bits per heavy atom. The molecular weight excluding hydrogens is 259 g/mol. The van der Waals surface area contributed by atoms with E-state index in [0.29, 0.717) is 6.54 Å². The molecule has 0 spiro atoms. The van der Waals surface area contributed by atoms with E-state index in [4.69, 9.17) is 0 Å². The van der Waals surface area contributed by atoms with E-state index in [9.17, 15) is 14.3 Å². The van der Waals surface area contributed by atoms with Crippen LogP contribution in [0.4, 0.5) is 4.39 Å². The predicted octanol–water partition coefficient (Wildman–Crippen LogP) is 2.14. The number of phenolic OH excluding ortho intramolecular Hbond substituents is 1. The normalized spacial score (nSPS) is 17.4. The summed E-state index contributed by atoms with van der Waals surface area (Å²) in [5.41, 5.74) is -0.0459. The van der Waals surface area contributed by atoms with Crippen molar-refractivity contribution >= 4 is 5.91 Å². The molecule has 1 amide bonds. The van der Waals surface area contributed by atoms with Crippen LogP contribution in [0.3, 0.4) is 0 Å². The van der Waals surface area contributed by atoms with Gasteiger partial charge in [-0.1, -0.05) is 12.8 Å². The zero-order chi connectivity index (χ0) is 14.8. The fourth-order valence-electron chi connectivity index (χ4n) is 2.85. The molecule has 0 unspecified atom stereocenters. The highest BCUT2D eigenvalue weighted by molar-refractivity contribution is 5.96. The maximum Gasteiger partial charge on any atom is 0.255 e. The van der Waals surface area contributed by atoms with Gasteiger partial charge in [-0.15, -0.1) is 0 Å². The number of amides is 1. The minimum absolute atomic E-state index is 0.0168. The lowest BCUT2D eigenvalue weighted by molar-refractivity contribution is 0.0897. The Labute approximate surface area is 118 Å². The molecule has 1 aliphatic carbocycles. The Morgan fingerprint density at radius 3 is 2.65 bits per heavy atom. The molecule has 1 aliphatic rings. The molecule has 0 heterocycles. The van der Waals surface area contributed by atoms with Crippen LogP contribution in [0.2, 0.25) is 0 Å². The average Bonchev–Trinajstić information content (AvgIpc) is 2.89. The molecule has 2 rings (SSSR count). The number of nitrogens with one attached hydrogen (secondary N) is 1. The van der Waals surface area contributed by atoms with Crippen LogP contribution in [0.5, 0.6) is 5.75 Å². The summed E-state index contributed by atoms with van der Waals surface area (Å²) in [5, 5.41) is 12.5. The summed E-state index contributed by atoms with van der Waals surface area (Å²) in [4.78, 5) is 14.2. The van der Waals surface area contributed by atoms with Crippen LogP contribution in [-0.4, -0.2) is 42.1 Å². The van der Waals surface area contributed by atoms with Gasteiger partial charge in [0.05, 0.1) is 5.56 Å². The maximum atomic E-state index is 13.2. The molecule has 1 aromatic rings. The summed E-state index contributed by atoms with van der Waals surface area (Å²) in [7, 11) is 4.02. The van der Waals surface area contributed by atoms with Crippen molar-refractivity contribution < 1.29 is 14.3 Å². The second kappa shape index (κ2) is 5.79. The highest BCUT2D eigenvalue weighted by Crippen LogP contribution is 2.33. The largest absolute Gasteiger partial charge is 0.507 e. The topological polar surface area (TPSA) is 52.6 Å². The Hall–Kier alpha value is -1.62. The number of hydrogen-bond acceptors (Lipinski definition) is 3. The molecular formula is C15H21FN2O2. The van der Waals surface area contributed by atoms with E-state index in [1.165, 1.54) is 6.07 Å². The summed E-state index contributed by atoms with van der Waals surface area (Å²) in [6, 6.07) is 3.38. The minimum atomic E-state index is -0.531. The highest BCUT2D eigenvalue weighted by Gasteiger charge is 2.36. The van der Waals surface area contributed by atoms with E-state index in [-0.39, 0.29) is 16.9 Å². The smallest absolute Gasteiger partial charge is 0.255 e. The number of aromatic hydroxyl groups is 1. The molecule has 0 aromatic heterocycles. The summed E-state index contributed by atoms with van der Waals surface area (Å²) in [5.74, 6) is -1.17. The first-order chi connectivity index (χ1) is 9.44. The molecule has 110 valence electrons. The first-order valence-corrected chi connectivity index (χ1v) is 6.89. The fraction of sp³-hybridized carbons (Fsp3) is 0.533. The molecule has 0 bridgehead atoms. The minimum Gasteiger partial charge on any atom is -0.507 e. The molecule has 0 saturated heterocycles. The number of halogens is 1. The van der Waals surface area contributed by atoms with E-state index in [1.807, 2.05) is 14.1 Å². The van der Waals surface area contributed by atoms with Gasteiger partial charge in [-0.3, -0.25) is 4.79 Å². The number of likely N-dealkylation sites (N-methyl/N-ethyl adjacent to an activating group) is 1. The number of carbonyl (C=O) groups excluding carboxylic acids is 1. The average molecular weight is 280 g/mol. The van der Waals surface area contributed by atoms with E-state index in [0.717, 1.165) is 37.8 Å². The van der Waals surface area contributed by atoms with Gasteiger partial charge in [0.25, 0.3) is 5.91 Å². The first-order valence-electron chi connectivity index (χ1n) is 6.89. The predicted molar refractivity (Wildman–Crippen MR) is 75.3 cm³/mol. The van der Waals surface area contributed by atoms with E-state index < -0.39 is 11.7 Å². The van der Waals surface area contributed by atoms with Crippen molar-refractivity contribution in [1.29, 1.82) is 0 Å². The van der Waals surface area contributed by atoms with Gasteiger partial charge in [0.2, 0.25) is 0 Å². The van der Waals surface area contributed by atoms with Crippen LogP contribution in [0, 0.1) is 5.82 Å². The van der Waals surface area contributed by atoms with Gasteiger partial charge < -0.3 is 15.3 Å². The van der Waals surface area contributed by atoms with Gasteiger partial charge in [-0.2, -0.15) is 0 Å². The lowest BCUT2D eigenvalue weighted by atomic mass is 9.96. The molecule has 1 aromatic carbocycles. The summed E-state index contributed by atoms with van der Waals surface area (Å²) in [6.07, 6.45) is 4.38. The Kier molecular flexibility index (Phi) is 4.28. The molecule has 0 atom stereocenters. The van der Waals surface area contributed by atoms with Crippen molar-refractivity contribution in [3.63, 3.8) is 0 Å². The third-order valence-corrected chi connectivity index (χ3v) is 4.26. The molecule has 2 N–H and O–H groups in total. The van der Waals surface area contributed by atoms with Gasteiger partial charge in [-0.25, -0.2) is 4.39 Å². The Balaban J connectivity index is 2.06. The number of benzene rings is 1. The van der Waals surface area contributed by atoms with Gasteiger partial charge in [-0.05, 0) is 45.1 Å². The van der Waals surface area contributed by atoms with E-state index >= 15 is 0 Å². The molecule has 1 fully saturated rings. The van der Waals surface area contributed by atoms with Crippen molar-refractivity contribution in [2.45, 2.75) is 31.2 Å². The SMILES string of the molecule is CN(C)C1(CNC(=O)c2cc(F)ccc2O)CCCC1. The fourth-order valence-corrected chi connectivity index (χ4v) is 2.85. The first kappa shape index (κ1) is 14.8. The van der Waals surface area contributed by atoms with Crippen LogP contribution in [0.1, 0.15) is 36.0 Å². The third kappa shape index (κ3) is 2.93. The van der Waals surface area contributed by atoms with Gasteiger partial charge in [0.1, 0.15) is 11.6 Å². The number of rotatable bonds is 4. The lowest BCUT2D eigenvalue weighted by Crippen LogP contribution is -2.50. The monoisotopic (exact) mass is 280 g/mol. The Morgan fingerprint density at radius 2 is 2.05 bits per heavy atom. The molecule has 0 radical (unpaired) electrons. The van der Waals surface area contributed by atoms with Crippen LogP contribution in [-0.2, 0) is 0 Å². The maximum absolute atomic E-state index is 13.2. The van der Waals surface area contributed by atoms with Gasteiger partial charge in [0.15, 0.2) is 0 Å². The quantitative estimate of drug-likeness (QED) is 0.888. The Bertz CT molecular complexity index is 497.